The van der Waals surface area contributed by atoms with Crippen molar-refractivity contribution in [3.05, 3.63) is 12.2 Å². The quantitative estimate of drug-likeness (QED) is 0.404. The molecule has 0 unspecified atom stereocenters. The molecule has 0 aromatic rings. The van der Waals surface area contributed by atoms with Crippen LogP contribution in [0.25, 0.3) is 0 Å². The number of thioether (sulfide) groups is 2. The van der Waals surface area contributed by atoms with Crippen LogP contribution in [0.5, 0.6) is 0 Å². The third-order valence-corrected chi connectivity index (χ3v) is 10.4. The van der Waals surface area contributed by atoms with Crippen molar-refractivity contribution in [3.63, 3.8) is 0 Å². The highest BCUT2D eigenvalue weighted by molar-refractivity contribution is 8.21. The van der Waals surface area contributed by atoms with Gasteiger partial charge in [-0.2, -0.15) is 0 Å². The average molecular weight is 397 g/mol. The predicted octanol–water partition coefficient (Wildman–Crippen LogP) is 6.30. The molecule has 4 atom stereocenters. The summed E-state index contributed by atoms with van der Waals surface area (Å²) in [5, 5.41) is 0. The summed E-state index contributed by atoms with van der Waals surface area (Å²) in [6.07, 6.45) is 7.23. The monoisotopic (exact) mass is 396 g/mol. The van der Waals surface area contributed by atoms with E-state index in [0.717, 1.165) is 6.42 Å². The van der Waals surface area contributed by atoms with E-state index in [-0.39, 0.29) is 12.1 Å². The second kappa shape index (κ2) is 7.39. The number of hydrogen-bond acceptors (Lipinski definition) is 4. The van der Waals surface area contributed by atoms with Crippen molar-refractivity contribution in [2.45, 2.75) is 83.3 Å². The molecule has 3 rings (SSSR count). The molecule has 26 heavy (non-hydrogen) atoms. The van der Waals surface area contributed by atoms with Crippen LogP contribution in [0.2, 0.25) is 0 Å². The lowest BCUT2D eigenvalue weighted by Crippen LogP contribution is -2.40. The third-order valence-electron chi connectivity index (χ3n) is 6.88. The van der Waals surface area contributed by atoms with Crippen LogP contribution in [0, 0.1) is 22.7 Å². The lowest BCUT2D eigenvalue weighted by Gasteiger charge is -2.44. The van der Waals surface area contributed by atoms with Crippen molar-refractivity contribution in [1.82, 2.24) is 0 Å². The maximum Gasteiger partial charge on any atom is 0.311 e. The van der Waals surface area contributed by atoms with Crippen molar-refractivity contribution in [1.29, 1.82) is 0 Å². The minimum Gasteiger partial charge on any atom is -0.462 e. The van der Waals surface area contributed by atoms with Crippen LogP contribution < -0.4 is 0 Å². The predicted molar refractivity (Wildman–Crippen MR) is 115 cm³/mol. The molecule has 0 radical (unpaired) electrons. The van der Waals surface area contributed by atoms with E-state index in [1.807, 2.05) is 20.8 Å². The average Bonchev–Trinajstić information content (AvgIpc) is 3.10. The maximum absolute atomic E-state index is 12.6. The molecule has 0 bridgehead atoms. The topological polar surface area (TPSA) is 26.3 Å². The fourth-order valence-electron chi connectivity index (χ4n) is 5.00. The Balaban J connectivity index is 1.84. The first-order chi connectivity index (χ1) is 12.0. The van der Waals surface area contributed by atoms with Gasteiger partial charge in [0.2, 0.25) is 0 Å². The molecule has 2 aliphatic carbocycles. The molecule has 0 aromatic heterocycles. The molecule has 2 nitrogen and oxygen atoms in total. The lowest BCUT2D eigenvalue weighted by atomic mass is 9.68. The molecule has 0 N–H and O–H groups in total. The van der Waals surface area contributed by atoms with Crippen molar-refractivity contribution in [2.75, 3.05) is 11.5 Å². The number of esters is 1. The van der Waals surface area contributed by atoms with Gasteiger partial charge in [0.1, 0.15) is 6.10 Å². The first kappa shape index (κ1) is 20.6. The van der Waals surface area contributed by atoms with Gasteiger partial charge in [-0.05, 0) is 77.6 Å². The number of ether oxygens (including phenoxy) is 1. The number of rotatable bonds is 2. The molecule has 1 heterocycles. The first-order valence-electron chi connectivity index (χ1n) is 10.2. The fraction of sp³-hybridized carbons (Fsp3) is 0.864. The second-order valence-electron chi connectivity index (χ2n) is 10.1. The van der Waals surface area contributed by atoms with Crippen LogP contribution in [0.1, 0.15) is 73.1 Å². The number of carbonyl (C=O) groups is 1. The smallest absolute Gasteiger partial charge is 0.311 e. The number of hydrogen-bond donors (Lipinski definition) is 0. The summed E-state index contributed by atoms with van der Waals surface area (Å²) in [4.78, 5) is 12.6. The Bertz CT molecular complexity index is 559. The summed E-state index contributed by atoms with van der Waals surface area (Å²) in [6.45, 7) is 14.9. The van der Waals surface area contributed by atoms with Crippen LogP contribution in [-0.4, -0.2) is 27.7 Å². The highest BCUT2D eigenvalue weighted by Crippen LogP contribution is 2.61. The largest absolute Gasteiger partial charge is 0.462 e. The molecule has 3 fully saturated rings. The van der Waals surface area contributed by atoms with Gasteiger partial charge >= 0.3 is 5.97 Å². The Hall–Kier alpha value is -0.0900. The molecular weight excluding hydrogens is 360 g/mol. The van der Waals surface area contributed by atoms with Gasteiger partial charge in [0.15, 0.2) is 0 Å². The summed E-state index contributed by atoms with van der Waals surface area (Å²) in [5.41, 5.74) is 1.24. The van der Waals surface area contributed by atoms with Crippen molar-refractivity contribution < 1.29 is 9.53 Å². The highest BCUT2D eigenvalue weighted by atomic mass is 32.2. The second-order valence-corrected chi connectivity index (χ2v) is 13.3. The summed E-state index contributed by atoms with van der Waals surface area (Å²) >= 11 is 4.33. The SMILES string of the molecule is C=C(C)[C@@H]1CC[C@@]2(C)CC[C@@H](OC(=O)C(C)(C)C)[C@H]2CC2(C1)SCCS2. The molecule has 2 saturated carbocycles. The molecule has 0 amide bonds. The van der Waals surface area contributed by atoms with Crippen LogP contribution in [-0.2, 0) is 9.53 Å². The lowest BCUT2D eigenvalue weighted by molar-refractivity contribution is -0.161. The van der Waals surface area contributed by atoms with Gasteiger partial charge in [0, 0.05) is 17.4 Å². The van der Waals surface area contributed by atoms with E-state index in [1.165, 1.54) is 49.2 Å². The summed E-state index contributed by atoms with van der Waals surface area (Å²) in [7, 11) is 0. The van der Waals surface area contributed by atoms with E-state index in [4.69, 9.17) is 4.74 Å². The van der Waals surface area contributed by atoms with Gasteiger partial charge in [0.25, 0.3) is 0 Å². The number of carbonyl (C=O) groups excluding carboxylic acids is 1. The minimum absolute atomic E-state index is 0.0330. The molecular formula is C22H36O2S2. The first-order valence-corrected chi connectivity index (χ1v) is 12.2. The van der Waals surface area contributed by atoms with Gasteiger partial charge in [-0.1, -0.05) is 19.1 Å². The van der Waals surface area contributed by atoms with E-state index in [0.29, 0.717) is 21.3 Å². The zero-order chi connectivity index (χ0) is 19.2. The van der Waals surface area contributed by atoms with Gasteiger partial charge in [0.05, 0.1) is 9.49 Å². The van der Waals surface area contributed by atoms with E-state index < -0.39 is 5.41 Å². The van der Waals surface area contributed by atoms with Crippen LogP contribution in [0.4, 0.5) is 0 Å². The molecule has 1 spiro atoms. The molecule has 3 aliphatic rings. The molecule has 0 aromatic carbocycles. The van der Waals surface area contributed by atoms with E-state index >= 15 is 0 Å². The van der Waals surface area contributed by atoms with Gasteiger partial charge in [-0.25, -0.2) is 0 Å². The van der Waals surface area contributed by atoms with Crippen molar-refractivity contribution >= 4 is 29.5 Å². The maximum atomic E-state index is 12.6. The van der Waals surface area contributed by atoms with Gasteiger partial charge in [-0.15, -0.1) is 23.5 Å². The van der Waals surface area contributed by atoms with Crippen LogP contribution in [0.3, 0.4) is 0 Å². The van der Waals surface area contributed by atoms with Crippen LogP contribution >= 0.6 is 23.5 Å². The number of fused-ring (bicyclic) bond motifs is 1. The number of allylic oxidation sites excluding steroid dienone is 1. The Morgan fingerprint density at radius 3 is 2.31 bits per heavy atom. The zero-order valence-corrected chi connectivity index (χ0v) is 18.9. The molecule has 1 aliphatic heterocycles. The minimum atomic E-state index is -0.416. The van der Waals surface area contributed by atoms with Crippen molar-refractivity contribution in [2.24, 2.45) is 22.7 Å². The molecule has 1 saturated heterocycles. The van der Waals surface area contributed by atoms with Gasteiger partial charge < -0.3 is 4.74 Å². The van der Waals surface area contributed by atoms with E-state index in [9.17, 15) is 4.79 Å². The summed E-state index contributed by atoms with van der Waals surface area (Å²) in [5.74, 6) is 3.61. The van der Waals surface area contributed by atoms with E-state index in [2.05, 4.69) is 44.0 Å². The zero-order valence-electron chi connectivity index (χ0n) is 17.2. The Morgan fingerprint density at radius 2 is 1.73 bits per heavy atom. The third kappa shape index (κ3) is 4.16. The summed E-state index contributed by atoms with van der Waals surface area (Å²) in [6, 6.07) is 0. The Morgan fingerprint density at radius 1 is 1.12 bits per heavy atom. The van der Waals surface area contributed by atoms with Crippen LogP contribution in [0.15, 0.2) is 12.2 Å². The summed E-state index contributed by atoms with van der Waals surface area (Å²) < 4.78 is 6.41. The van der Waals surface area contributed by atoms with Gasteiger partial charge in [-0.3, -0.25) is 4.79 Å². The molecule has 148 valence electrons. The Labute approximate surface area is 168 Å². The Kier molecular flexibility index (Phi) is 5.86. The molecule has 4 heteroatoms. The van der Waals surface area contributed by atoms with E-state index in [1.54, 1.807) is 0 Å². The fourth-order valence-corrected chi connectivity index (χ4v) is 8.48. The highest BCUT2D eigenvalue weighted by Gasteiger charge is 2.53. The van der Waals surface area contributed by atoms with Crippen molar-refractivity contribution in [3.8, 4) is 0 Å². The normalized spacial score (nSPS) is 37.0. The standard InChI is InChI=1S/C22H36O2S2/c1-15(2)16-7-9-21(6)10-8-18(24-19(23)20(3,4)5)17(21)14-22(13-16)25-11-12-26-22/h16-18H,1,7-14H2,2-6H3/t16-,17-,18-,21+/m1/s1.